The number of nitrogens with zero attached hydrogens (tertiary/aromatic N) is 2. The predicted octanol–water partition coefficient (Wildman–Crippen LogP) is 2.34. The average Bonchev–Trinajstić information content (AvgIpc) is 2.73. The fourth-order valence-corrected chi connectivity index (χ4v) is 2.09. The summed E-state index contributed by atoms with van der Waals surface area (Å²) in [5, 5.41) is 11.2. The lowest BCUT2D eigenvalue weighted by molar-refractivity contribution is -0.119. The first-order valence-corrected chi connectivity index (χ1v) is 7.26. The molecular formula is C9H14IN3O2S. The Bertz CT molecular complexity index is 345. The number of carbonyl (C=O) groups excluding carboxylic acids is 1. The molecule has 16 heavy (non-hydrogen) atoms. The SMILES string of the molecule is COc1nnc(NC(=O)C(C)CCCI)s1. The maximum Gasteiger partial charge on any atom is 0.295 e. The van der Waals surface area contributed by atoms with E-state index in [9.17, 15) is 4.79 Å². The Morgan fingerprint density at radius 2 is 2.38 bits per heavy atom. The maximum atomic E-state index is 11.7. The van der Waals surface area contributed by atoms with Crippen LogP contribution in [0.1, 0.15) is 19.8 Å². The topological polar surface area (TPSA) is 64.1 Å². The van der Waals surface area contributed by atoms with Gasteiger partial charge in [-0.25, -0.2) is 0 Å². The summed E-state index contributed by atoms with van der Waals surface area (Å²) in [5.41, 5.74) is 0. The fourth-order valence-electron chi connectivity index (χ4n) is 1.09. The summed E-state index contributed by atoms with van der Waals surface area (Å²) in [6.45, 7) is 1.92. The Labute approximate surface area is 112 Å². The van der Waals surface area contributed by atoms with Crippen LogP contribution in [-0.2, 0) is 4.79 Å². The van der Waals surface area contributed by atoms with E-state index < -0.39 is 0 Å². The van der Waals surface area contributed by atoms with Gasteiger partial charge >= 0.3 is 0 Å². The van der Waals surface area contributed by atoms with Crippen LogP contribution < -0.4 is 10.1 Å². The third-order valence-electron chi connectivity index (χ3n) is 2.03. The lowest BCUT2D eigenvalue weighted by Crippen LogP contribution is -2.20. The number of ether oxygens (including phenoxy) is 1. The van der Waals surface area contributed by atoms with Gasteiger partial charge in [0.15, 0.2) is 0 Å². The molecule has 0 bridgehead atoms. The molecule has 0 spiro atoms. The number of methoxy groups -OCH3 is 1. The molecular weight excluding hydrogens is 341 g/mol. The van der Waals surface area contributed by atoms with Gasteiger partial charge in [-0.15, -0.1) is 5.10 Å². The van der Waals surface area contributed by atoms with Gasteiger partial charge in [0.05, 0.1) is 7.11 Å². The Hall–Kier alpha value is -0.440. The summed E-state index contributed by atoms with van der Waals surface area (Å²) in [5.74, 6) is -0.00619. The maximum absolute atomic E-state index is 11.7. The highest BCUT2D eigenvalue weighted by Crippen LogP contribution is 2.22. The molecule has 1 amide bonds. The molecule has 1 aromatic heterocycles. The molecule has 1 atom stereocenters. The second-order valence-corrected chi connectivity index (χ2v) is 5.32. The fraction of sp³-hybridized carbons (Fsp3) is 0.667. The Morgan fingerprint density at radius 1 is 1.62 bits per heavy atom. The zero-order valence-corrected chi connectivity index (χ0v) is 12.2. The number of nitrogens with one attached hydrogen (secondary N) is 1. The Kier molecular flexibility index (Phi) is 5.96. The van der Waals surface area contributed by atoms with E-state index in [2.05, 4.69) is 38.1 Å². The van der Waals surface area contributed by atoms with Crippen molar-refractivity contribution in [2.24, 2.45) is 5.92 Å². The summed E-state index contributed by atoms with van der Waals surface area (Å²) < 4.78 is 5.97. The standard InChI is InChI=1S/C9H14IN3O2S/c1-6(4-3-5-10)7(14)11-8-12-13-9(15-2)16-8/h6H,3-5H2,1-2H3,(H,11,12,14). The molecule has 1 unspecified atom stereocenters. The van der Waals surface area contributed by atoms with Crippen LogP contribution in [0.25, 0.3) is 0 Å². The number of alkyl halides is 1. The van der Waals surface area contributed by atoms with Crippen molar-refractivity contribution in [3.63, 3.8) is 0 Å². The van der Waals surface area contributed by atoms with Gasteiger partial charge in [0.2, 0.25) is 11.0 Å². The summed E-state index contributed by atoms with van der Waals surface area (Å²) in [4.78, 5) is 11.7. The quantitative estimate of drug-likeness (QED) is 0.629. The second-order valence-electron chi connectivity index (χ2n) is 3.30. The number of hydrogen-bond acceptors (Lipinski definition) is 5. The van der Waals surface area contributed by atoms with Gasteiger partial charge in [-0.3, -0.25) is 4.79 Å². The van der Waals surface area contributed by atoms with Crippen molar-refractivity contribution in [3.8, 4) is 5.19 Å². The number of rotatable bonds is 6. The van der Waals surface area contributed by atoms with Crippen molar-refractivity contribution in [2.75, 3.05) is 16.9 Å². The zero-order valence-electron chi connectivity index (χ0n) is 9.20. The van der Waals surface area contributed by atoms with Crippen LogP contribution in [0.15, 0.2) is 0 Å². The molecule has 0 aliphatic carbocycles. The van der Waals surface area contributed by atoms with Crippen molar-refractivity contribution in [2.45, 2.75) is 19.8 Å². The van der Waals surface area contributed by atoms with E-state index in [-0.39, 0.29) is 11.8 Å². The highest BCUT2D eigenvalue weighted by molar-refractivity contribution is 14.1. The lowest BCUT2D eigenvalue weighted by atomic mass is 10.1. The average molecular weight is 355 g/mol. The molecule has 0 fully saturated rings. The number of hydrogen-bond donors (Lipinski definition) is 1. The molecule has 0 radical (unpaired) electrons. The van der Waals surface area contributed by atoms with Crippen molar-refractivity contribution in [1.29, 1.82) is 0 Å². The predicted molar refractivity (Wildman–Crippen MR) is 72.4 cm³/mol. The molecule has 90 valence electrons. The number of carbonyl (C=O) groups is 1. The molecule has 7 heteroatoms. The van der Waals surface area contributed by atoms with Gasteiger partial charge in [0.25, 0.3) is 5.19 Å². The van der Waals surface area contributed by atoms with Crippen LogP contribution in [0.2, 0.25) is 0 Å². The lowest BCUT2D eigenvalue weighted by Gasteiger charge is -2.08. The van der Waals surface area contributed by atoms with E-state index >= 15 is 0 Å². The molecule has 0 saturated carbocycles. The van der Waals surface area contributed by atoms with Gasteiger partial charge < -0.3 is 10.1 Å². The van der Waals surface area contributed by atoms with E-state index in [1.54, 1.807) is 0 Å². The highest BCUT2D eigenvalue weighted by atomic mass is 127. The second kappa shape index (κ2) is 7.00. The number of aromatic nitrogens is 2. The van der Waals surface area contributed by atoms with Crippen LogP contribution in [0.3, 0.4) is 0 Å². The Morgan fingerprint density at radius 3 is 2.94 bits per heavy atom. The minimum Gasteiger partial charge on any atom is -0.472 e. The Balaban J connectivity index is 2.44. The van der Waals surface area contributed by atoms with E-state index in [1.807, 2.05) is 6.92 Å². The molecule has 0 aliphatic rings. The molecule has 5 nitrogen and oxygen atoms in total. The molecule has 0 saturated heterocycles. The van der Waals surface area contributed by atoms with E-state index in [0.717, 1.165) is 17.3 Å². The first-order chi connectivity index (χ1) is 7.67. The van der Waals surface area contributed by atoms with Gasteiger partial charge in [0, 0.05) is 5.92 Å². The van der Waals surface area contributed by atoms with E-state index in [4.69, 9.17) is 4.74 Å². The van der Waals surface area contributed by atoms with Crippen LogP contribution >= 0.6 is 33.9 Å². The summed E-state index contributed by atoms with van der Waals surface area (Å²) in [6.07, 6.45) is 1.94. The molecule has 1 heterocycles. The normalized spacial score (nSPS) is 12.2. The van der Waals surface area contributed by atoms with Crippen LogP contribution in [0.4, 0.5) is 5.13 Å². The van der Waals surface area contributed by atoms with Crippen molar-refractivity contribution >= 4 is 45.0 Å². The van der Waals surface area contributed by atoms with Crippen molar-refractivity contribution in [1.82, 2.24) is 10.2 Å². The van der Waals surface area contributed by atoms with Crippen LogP contribution in [0.5, 0.6) is 5.19 Å². The summed E-state index contributed by atoms with van der Waals surface area (Å²) in [7, 11) is 1.52. The molecule has 0 aliphatic heterocycles. The first-order valence-electron chi connectivity index (χ1n) is 4.91. The van der Waals surface area contributed by atoms with E-state index in [1.165, 1.54) is 18.4 Å². The van der Waals surface area contributed by atoms with Crippen molar-refractivity contribution < 1.29 is 9.53 Å². The highest BCUT2D eigenvalue weighted by Gasteiger charge is 2.14. The van der Waals surface area contributed by atoms with Gasteiger partial charge in [0.1, 0.15) is 0 Å². The molecule has 1 rings (SSSR count). The summed E-state index contributed by atoms with van der Waals surface area (Å²) in [6, 6.07) is 0. The zero-order chi connectivity index (χ0) is 12.0. The van der Waals surface area contributed by atoms with Gasteiger partial charge in [-0.2, -0.15) is 0 Å². The first kappa shape index (κ1) is 13.6. The minimum absolute atomic E-state index is 0.00432. The van der Waals surface area contributed by atoms with Crippen LogP contribution in [0, 0.1) is 5.92 Å². The van der Waals surface area contributed by atoms with Gasteiger partial charge in [-0.05, 0) is 28.6 Å². The monoisotopic (exact) mass is 355 g/mol. The number of halogens is 1. The minimum atomic E-state index is -0.0105. The van der Waals surface area contributed by atoms with Gasteiger partial charge in [-0.1, -0.05) is 34.6 Å². The summed E-state index contributed by atoms with van der Waals surface area (Å²) >= 11 is 3.53. The van der Waals surface area contributed by atoms with Crippen molar-refractivity contribution in [3.05, 3.63) is 0 Å². The van der Waals surface area contributed by atoms with Crippen LogP contribution in [-0.4, -0.2) is 27.6 Å². The molecule has 1 N–H and O–H groups in total. The third-order valence-corrected chi connectivity index (χ3v) is 3.59. The van der Waals surface area contributed by atoms with E-state index in [0.29, 0.717) is 10.3 Å². The largest absolute Gasteiger partial charge is 0.472 e. The number of amides is 1. The molecule has 0 aromatic carbocycles. The third kappa shape index (κ3) is 4.20. The molecule has 1 aromatic rings. The smallest absolute Gasteiger partial charge is 0.295 e. The number of anilines is 1.